The van der Waals surface area contributed by atoms with Gasteiger partial charge in [0.1, 0.15) is 0 Å². The van der Waals surface area contributed by atoms with Crippen LogP contribution in [0.1, 0.15) is 23.2 Å². The van der Waals surface area contributed by atoms with E-state index in [0.717, 1.165) is 11.3 Å². The van der Waals surface area contributed by atoms with E-state index in [0.29, 0.717) is 5.13 Å². The van der Waals surface area contributed by atoms with Gasteiger partial charge in [0.05, 0.1) is 11.9 Å². The lowest BCUT2D eigenvalue weighted by Crippen LogP contribution is -1.91. The molecule has 1 aromatic heterocycles. The summed E-state index contributed by atoms with van der Waals surface area (Å²) in [7, 11) is 0. The molecule has 6 heteroatoms. The summed E-state index contributed by atoms with van der Waals surface area (Å²) in [6, 6.07) is 5.97. The van der Waals surface area contributed by atoms with Crippen LogP contribution in [0, 0.1) is 6.92 Å². The summed E-state index contributed by atoms with van der Waals surface area (Å²) >= 11 is 1.46. The quantitative estimate of drug-likeness (QED) is 0.675. The van der Waals surface area contributed by atoms with Crippen molar-refractivity contribution in [3.63, 3.8) is 0 Å². The predicted octanol–water partition coefficient (Wildman–Crippen LogP) is 3.84. The van der Waals surface area contributed by atoms with Crippen molar-refractivity contribution >= 4 is 22.7 Å². The lowest BCUT2D eigenvalue weighted by molar-refractivity contribution is 0.151. The molecule has 1 aromatic carbocycles. The molecular weight excluding hydrogens is 256 g/mol. The van der Waals surface area contributed by atoms with Crippen LogP contribution < -0.4 is 5.43 Å². The monoisotopic (exact) mass is 267 g/mol. The van der Waals surface area contributed by atoms with E-state index in [2.05, 4.69) is 15.5 Å². The van der Waals surface area contributed by atoms with Crippen molar-refractivity contribution in [3.8, 4) is 0 Å². The molecule has 1 N–H and O–H groups in total. The number of aryl methyl sites for hydroxylation is 1. The molecule has 0 fully saturated rings. The molecule has 0 aliphatic carbocycles. The van der Waals surface area contributed by atoms with Crippen LogP contribution in [-0.2, 0) is 0 Å². The Morgan fingerprint density at radius 1 is 1.33 bits per heavy atom. The second-order valence-corrected chi connectivity index (χ2v) is 4.49. The average Bonchev–Trinajstić information content (AvgIpc) is 2.76. The van der Waals surface area contributed by atoms with Crippen LogP contribution in [0.15, 0.2) is 34.7 Å². The van der Waals surface area contributed by atoms with Crippen LogP contribution in [0.4, 0.5) is 13.9 Å². The van der Waals surface area contributed by atoms with Gasteiger partial charge in [-0.25, -0.2) is 13.8 Å². The maximum atomic E-state index is 12.3. The summed E-state index contributed by atoms with van der Waals surface area (Å²) in [5.41, 5.74) is 4.47. The number of benzene rings is 1. The number of alkyl halides is 2. The van der Waals surface area contributed by atoms with Gasteiger partial charge in [0.25, 0.3) is 6.43 Å². The Kier molecular flexibility index (Phi) is 3.99. The SMILES string of the molecule is Cc1csc(NN=Cc2ccc(C(F)F)cc2)n1. The molecule has 2 aromatic rings. The Morgan fingerprint density at radius 3 is 2.61 bits per heavy atom. The zero-order chi connectivity index (χ0) is 13.0. The molecule has 0 atom stereocenters. The fraction of sp³-hybridized carbons (Fsp3) is 0.167. The molecule has 0 unspecified atom stereocenters. The van der Waals surface area contributed by atoms with E-state index in [9.17, 15) is 8.78 Å². The van der Waals surface area contributed by atoms with Crippen molar-refractivity contribution in [3.05, 3.63) is 46.5 Å². The van der Waals surface area contributed by atoms with Crippen LogP contribution in [0.2, 0.25) is 0 Å². The summed E-state index contributed by atoms with van der Waals surface area (Å²) in [5, 5.41) is 6.60. The molecular formula is C12H11F2N3S. The van der Waals surface area contributed by atoms with E-state index < -0.39 is 6.43 Å². The summed E-state index contributed by atoms with van der Waals surface area (Å²) in [6.07, 6.45) is -0.876. The number of rotatable bonds is 4. The number of thiazole rings is 1. The Hall–Kier alpha value is -1.82. The molecule has 94 valence electrons. The van der Waals surface area contributed by atoms with Gasteiger partial charge < -0.3 is 0 Å². The summed E-state index contributed by atoms with van der Waals surface area (Å²) in [4.78, 5) is 4.17. The largest absolute Gasteiger partial charge is 0.263 e. The van der Waals surface area contributed by atoms with Gasteiger partial charge in [-0.2, -0.15) is 5.10 Å². The minimum Gasteiger partial charge on any atom is -0.253 e. The Labute approximate surface area is 107 Å². The molecule has 2 rings (SSSR count). The number of nitrogens with zero attached hydrogens (tertiary/aromatic N) is 2. The maximum absolute atomic E-state index is 12.3. The van der Waals surface area contributed by atoms with E-state index >= 15 is 0 Å². The molecule has 0 bridgehead atoms. The van der Waals surface area contributed by atoms with E-state index in [1.54, 1.807) is 18.3 Å². The summed E-state index contributed by atoms with van der Waals surface area (Å²) in [5.74, 6) is 0. The van der Waals surface area contributed by atoms with Gasteiger partial charge >= 0.3 is 0 Å². The number of hydrazone groups is 1. The summed E-state index contributed by atoms with van der Waals surface area (Å²) in [6.45, 7) is 1.90. The first kappa shape index (κ1) is 12.6. The zero-order valence-corrected chi connectivity index (χ0v) is 10.4. The highest BCUT2D eigenvalue weighted by atomic mass is 32.1. The van der Waals surface area contributed by atoms with Crippen molar-refractivity contribution in [2.75, 3.05) is 5.43 Å². The Morgan fingerprint density at radius 2 is 2.06 bits per heavy atom. The molecule has 1 heterocycles. The molecule has 0 aliphatic heterocycles. The zero-order valence-electron chi connectivity index (χ0n) is 9.60. The lowest BCUT2D eigenvalue weighted by atomic mass is 10.1. The third kappa shape index (κ3) is 3.33. The normalized spacial score (nSPS) is 11.3. The molecule has 3 nitrogen and oxygen atoms in total. The van der Waals surface area contributed by atoms with Gasteiger partial charge in [-0.05, 0) is 12.5 Å². The highest BCUT2D eigenvalue weighted by Crippen LogP contribution is 2.18. The molecule has 0 saturated heterocycles. The molecule has 0 spiro atoms. The first-order chi connectivity index (χ1) is 8.65. The Bertz CT molecular complexity index is 535. The topological polar surface area (TPSA) is 37.3 Å². The number of nitrogens with one attached hydrogen (secondary N) is 1. The second kappa shape index (κ2) is 5.68. The minimum atomic E-state index is -2.44. The average molecular weight is 267 g/mol. The van der Waals surface area contributed by atoms with Gasteiger partial charge in [0.2, 0.25) is 5.13 Å². The van der Waals surface area contributed by atoms with Gasteiger partial charge in [0, 0.05) is 10.9 Å². The Balaban J connectivity index is 1.96. The molecule has 0 aliphatic rings. The third-order valence-corrected chi connectivity index (χ3v) is 3.05. The van der Waals surface area contributed by atoms with E-state index in [1.165, 1.54) is 23.5 Å². The number of halogens is 2. The van der Waals surface area contributed by atoms with Crippen LogP contribution >= 0.6 is 11.3 Å². The van der Waals surface area contributed by atoms with Crippen LogP contribution in [0.3, 0.4) is 0 Å². The van der Waals surface area contributed by atoms with E-state index in [4.69, 9.17) is 0 Å². The van der Waals surface area contributed by atoms with Crippen LogP contribution in [0.25, 0.3) is 0 Å². The minimum absolute atomic E-state index is 0.00987. The van der Waals surface area contributed by atoms with Crippen molar-refractivity contribution < 1.29 is 8.78 Å². The van der Waals surface area contributed by atoms with Crippen molar-refractivity contribution in [2.45, 2.75) is 13.3 Å². The van der Waals surface area contributed by atoms with Gasteiger partial charge in [-0.15, -0.1) is 11.3 Å². The van der Waals surface area contributed by atoms with E-state index in [1.807, 2.05) is 12.3 Å². The van der Waals surface area contributed by atoms with Crippen LogP contribution in [0.5, 0.6) is 0 Å². The third-order valence-electron chi connectivity index (χ3n) is 2.18. The fourth-order valence-corrected chi connectivity index (χ4v) is 1.93. The van der Waals surface area contributed by atoms with Crippen LogP contribution in [-0.4, -0.2) is 11.2 Å². The molecule has 0 saturated carbocycles. The number of hydrogen-bond acceptors (Lipinski definition) is 4. The molecule has 18 heavy (non-hydrogen) atoms. The number of anilines is 1. The first-order valence-electron chi connectivity index (χ1n) is 5.24. The number of hydrogen-bond donors (Lipinski definition) is 1. The van der Waals surface area contributed by atoms with Crippen molar-refractivity contribution in [2.24, 2.45) is 5.10 Å². The molecule has 0 radical (unpaired) electrons. The second-order valence-electron chi connectivity index (χ2n) is 3.63. The van der Waals surface area contributed by atoms with Gasteiger partial charge in [0.15, 0.2) is 0 Å². The highest BCUT2D eigenvalue weighted by molar-refractivity contribution is 7.13. The maximum Gasteiger partial charge on any atom is 0.263 e. The van der Waals surface area contributed by atoms with Gasteiger partial charge in [-0.1, -0.05) is 24.3 Å². The summed E-state index contributed by atoms with van der Waals surface area (Å²) < 4.78 is 24.6. The van der Waals surface area contributed by atoms with Crippen molar-refractivity contribution in [1.29, 1.82) is 0 Å². The van der Waals surface area contributed by atoms with Gasteiger partial charge in [-0.3, -0.25) is 5.43 Å². The smallest absolute Gasteiger partial charge is 0.253 e. The predicted molar refractivity (Wildman–Crippen MR) is 69.5 cm³/mol. The highest BCUT2D eigenvalue weighted by Gasteiger charge is 2.04. The van der Waals surface area contributed by atoms with Crippen molar-refractivity contribution in [1.82, 2.24) is 4.98 Å². The fourth-order valence-electron chi connectivity index (χ4n) is 1.29. The number of aromatic nitrogens is 1. The molecule has 0 amide bonds. The lowest BCUT2D eigenvalue weighted by Gasteiger charge is -1.99. The first-order valence-corrected chi connectivity index (χ1v) is 6.12. The standard InChI is InChI=1S/C12H11F2N3S/c1-8-7-18-12(16-8)17-15-6-9-2-4-10(5-3-9)11(13)14/h2-7,11H,1H3,(H,16,17). The van der Waals surface area contributed by atoms with E-state index in [-0.39, 0.29) is 5.56 Å².